The summed E-state index contributed by atoms with van der Waals surface area (Å²) in [5, 5.41) is 5.96. The average molecular weight is 237 g/mol. The topological polar surface area (TPSA) is 63.2 Å². The number of pyridine rings is 1. The second-order valence-corrected chi connectivity index (χ2v) is 3.69. The fraction of sp³-hybridized carbons (Fsp3) is 0.500. The first-order chi connectivity index (χ1) is 8.24. The lowest BCUT2D eigenvalue weighted by molar-refractivity contribution is 0.0953. The zero-order chi connectivity index (χ0) is 12.5. The molecule has 94 valence electrons. The van der Waals surface area contributed by atoms with Crippen LogP contribution < -0.4 is 10.6 Å². The van der Waals surface area contributed by atoms with Crippen LogP contribution in [0.2, 0.25) is 0 Å². The maximum absolute atomic E-state index is 11.6. The van der Waals surface area contributed by atoms with Crippen LogP contribution in [0.25, 0.3) is 0 Å². The fourth-order valence-electron chi connectivity index (χ4n) is 1.27. The molecule has 5 heteroatoms. The molecule has 0 spiro atoms. The van der Waals surface area contributed by atoms with Crippen LogP contribution in [0, 0.1) is 6.92 Å². The van der Waals surface area contributed by atoms with Gasteiger partial charge in [-0.05, 0) is 19.1 Å². The molecule has 0 radical (unpaired) electrons. The second-order valence-electron chi connectivity index (χ2n) is 3.69. The molecular weight excluding hydrogens is 218 g/mol. The molecule has 2 N–H and O–H groups in total. The first-order valence-corrected chi connectivity index (χ1v) is 5.64. The third kappa shape index (κ3) is 5.42. The standard InChI is InChI=1S/C12H19N3O2/c1-10-3-4-11(9-15-10)12(16)14-6-5-13-7-8-17-2/h3-4,9,13H,5-8H2,1-2H3,(H,14,16). The number of methoxy groups -OCH3 is 1. The quantitative estimate of drug-likeness (QED) is 0.672. The van der Waals surface area contributed by atoms with E-state index in [1.807, 2.05) is 13.0 Å². The van der Waals surface area contributed by atoms with Crippen molar-refractivity contribution in [2.45, 2.75) is 6.92 Å². The van der Waals surface area contributed by atoms with Crippen molar-refractivity contribution in [1.29, 1.82) is 0 Å². The van der Waals surface area contributed by atoms with Gasteiger partial charge in [0, 0.05) is 38.6 Å². The van der Waals surface area contributed by atoms with Crippen molar-refractivity contribution in [2.75, 3.05) is 33.4 Å². The number of ether oxygens (including phenoxy) is 1. The molecule has 1 rings (SSSR count). The summed E-state index contributed by atoms with van der Waals surface area (Å²) in [7, 11) is 1.66. The van der Waals surface area contributed by atoms with Gasteiger partial charge < -0.3 is 15.4 Å². The van der Waals surface area contributed by atoms with Crippen molar-refractivity contribution in [2.24, 2.45) is 0 Å². The van der Waals surface area contributed by atoms with Crippen LogP contribution in [-0.4, -0.2) is 44.2 Å². The summed E-state index contributed by atoms with van der Waals surface area (Å²) in [6.07, 6.45) is 1.59. The molecule has 17 heavy (non-hydrogen) atoms. The lowest BCUT2D eigenvalue weighted by atomic mass is 10.2. The maximum Gasteiger partial charge on any atom is 0.252 e. The predicted octanol–water partition coefficient (Wildman–Crippen LogP) is 0.356. The first-order valence-electron chi connectivity index (χ1n) is 5.64. The molecule has 1 amide bonds. The Morgan fingerprint density at radius 3 is 2.82 bits per heavy atom. The molecule has 0 fully saturated rings. The van der Waals surface area contributed by atoms with E-state index in [-0.39, 0.29) is 5.91 Å². The summed E-state index contributed by atoms with van der Waals surface area (Å²) in [5.41, 5.74) is 1.50. The second kappa shape index (κ2) is 7.76. The first kappa shape index (κ1) is 13.6. The lowest BCUT2D eigenvalue weighted by Gasteiger charge is -2.06. The van der Waals surface area contributed by atoms with E-state index in [1.54, 1.807) is 19.4 Å². The molecule has 1 aromatic heterocycles. The minimum atomic E-state index is -0.0916. The van der Waals surface area contributed by atoms with Crippen molar-refractivity contribution in [3.05, 3.63) is 29.6 Å². The Morgan fingerprint density at radius 2 is 2.18 bits per heavy atom. The summed E-state index contributed by atoms with van der Waals surface area (Å²) in [6, 6.07) is 3.60. The molecule has 1 aromatic rings. The van der Waals surface area contributed by atoms with E-state index in [4.69, 9.17) is 4.74 Å². The Bertz CT molecular complexity index is 338. The highest BCUT2D eigenvalue weighted by molar-refractivity contribution is 5.93. The highest BCUT2D eigenvalue weighted by atomic mass is 16.5. The van der Waals surface area contributed by atoms with Crippen LogP contribution in [0.15, 0.2) is 18.3 Å². The van der Waals surface area contributed by atoms with Crippen molar-refractivity contribution in [3.63, 3.8) is 0 Å². The van der Waals surface area contributed by atoms with Crippen molar-refractivity contribution >= 4 is 5.91 Å². The number of amides is 1. The molecule has 0 bridgehead atoms. The minimum Gasteiger partial charge on any atom is -0.383 e. The molecular formula is C12H19N3O2. The van der Waals surface area contributed by atoms with Gasteiger partial charge in [-0.2, -0.15) is 0 Å². The molecule has 0 atom stereocenters. The van der Waals surface area contributed by atoms with Crippen LogP contribution >= 0.6 is 0 Å². The monoisotopic (exact) mass is 237 g/mol. The molecule has 0 aliphatic carbocycles. The van der Waals surface area contributed by atoms with Gasteiger partial charge in [0.1, 0.15) is 0 Å². The van der Waals surface area contributed by atoms with E-state index in [0.29, 0.717) is 18.7 Å². The SMILES string of the molecule is COCCNCCNC(=O)c1ccc(C)nc1. The van der Waals surface area contributed by atoms with Gasteiger partial charge in [0.15, 0.2) is 0 Å². The molecule has 0 aromatic carbocycles. The van der Waals surface area contributed by atoms with E-state index >= 15 is 0 Å². The number of hydrogen-bond acceptors (Lipinski definition) is 4. The van der Waals surface area contributed by atoms with E-state index in [1.165, 1.54) is 0 Å². The Kier molecular flexibility index (Phi) is 6.21. The van der Waals surface area contributed by atoms with Crippen molar-refractivity contribution in [1.82, 2.24) is 15.6 Å². The minimum absolute atomic E-state index is 0.0916. The Balaban J connectivity index is 2.19. The van der Waals surface area contributed by atoms with Crippen LogP contribution in [0.4, 0.5) is 0 Å². The largest absolute Gasteiger partial charge is 0.383 e. The third-order valence-corrected chi connectivity index (χ3v) is 2.24. The zero-order valence-electron chi connectivity index (χ0n) is 10.3. The summed E-state index contributed by atoms with van der Waals surface area (Å²) in [4.78, 5) is 15.7. The maximum atomic E-state index is 11.6. The number of rotatable bonds is 7. The van der Waals surface area contributed by atoms with E-state index in [0.717, 1.165) is 18.8 Å². The number of aryl methyl sites for hydroxylation is 1. The summed E-state index contributed by atoms with van der Waals surface area (Å²) >= 11 is 0. The normalized spacial score (nSPS) is 10.2. The molecule has 0 unspecified atom stereocenters. The number of carbonyl (C=O) groups excluding carboxylic acids is 1. The number of nitrogens with one attached hydrogen (secondary N) is 2. The summed E-state index contributed by atoms with van der Waals surface area (Å²) in [5.74, 6) is -0.0916. The number of carbonyl (C=O) groups is 1. The Morgan fingerprint density at radius 1 is 1.35 bits per heavy atom. The van der Waals surface area contributed by atoms with Crippen molar-refractivity contribution < 1.29 is 9.53 Å². The molecule has 0 aliphatic heterocycles. The molecule has 0 aliphatic rings. The third-order valence-electron chi connectivity index (χ3n) is 2.24. The summed E-state index contributed by atoms with van der Waals surface area (Å²) < 4.78 is 4.89. The smallest absolute Gasteiger partial charge is 0.252 e. The average Bonchev–Trinajstić information content (AvgIpc) is 2.34. The number of hydrogen-bond donors (Lipinski definition) is 2. The Labute approximate surface area is 102 Å². The number of aromatic nitrogens is 1. The fourth-order valence-corrected chi connectivity index (χ4v) is 1.27. The highest BCUT2D eigenvalue weighted by Crippen LogP contribution is 1.98. The molecule has 0 saturated carbocycles. The van der Waals surface area contributed by atoms with Gasteiger partial charge in [-0.3, -0.25) is 9.78 Å². The van der Waals surface area contributed by atoms with Gasteiger partial charge in [-0.15, -0.1) is 0 Å². The summed E-state index contributed by atoms with van der Waals surface area (Å²) in [6.45, 7) is 4.68. The van der Waals surface area contributed by atoms with Gasteiger partial charge in [-0.1, -0.05) is 0 Å². The van der Waals surface area contributed by atoms with Crippen LogP contribution in [0.5, 0.6) is 0 Å². The van der Waals surface area contributed by atoms with Crippen LogP contribution in [0.1, 0.15) is 16.1 Å². The zero-order valence-corrected chi connectivity index (χ0v) is 10.3. The van der Waals surface area contributed by atoms with Crippen LogP contribution in [0.3, 0.4) is 0 Å². The van der Waals surface area contributed by atoms with Gasteiger partial charge in [0.05, 0.1) is 12.2 Å². The van der Waals surface area contributed by atoms with Crippen LogP contribution in [-0.2, 0) is 4.74 Å². The van der Waals surface area contributed by atoms with Gasteiger partial charge in [0.25, 0.3) is 5.91 Å². The van der Waals surface area contributed by atoms with E-state index in [2.05, 4.69) is 15.6 Å². The van der Waals surface area contributed by atoms with Gasteiger partial charge in [-0.25, -0.2) is 0 Å². The molecule has 0 saturated heterocycles. The molecule has 1 heterocycles. The van der Waals surface area contributed by atoms with Gasteiger partial charge in [0.2, 0.25) is 0 Å². The highest BCUT2D eigenvalue weighted by Gasteiger charge is 2.03. The van der Waals surface area contributed by atoms with E-state index < -0.39 is 0 Å². The Hall–Kier alpha value is -1.46. The predicted molar refractivity (Wildman–Crippen MR) is 66.1 cm³/mol. The van der Waals surface area contributed by atoms with E-state index in [9.17, 15) is 4.79 Å². The van der Waals surface area contributed by atoms with Crippen molar-refractivity contribution in [3.8, 4) is 0 Å². The lowest BCUT2D eigenvalue weighted by Crippen LogP contribution is -2.33. The van der Waals surface area contributed by atoms with Gasteiger partial charge >= 0.3 is 0 Å². The molecule has 5 nitrogen and oxygen atoms in total. The number of nitrogens with zero attached hydrogens (tertiary/aromatic N) is 1.